The lowest BCUT2D eigenvalue weighted by molar-refractivity contribution is -0.118. The summed E-state index contributed by atoms with van der Waals surface area (Å²) in [6, 6.07) is 17.8. The van der Waals surface area contributed by atoms with Crippen molar-refractivity contribution in [3.63, 3.8) is 0 Å². The summed E-state index contributed by atoms with van der Waals surface area (Å²) in [4.78, 5) is 11.7. The normalized spacial score (nSPS) is 11.9. The van der Waals surface area contributed by atoms with E-state index in [0.717, 1.165) is 11.3 Å². The second kappa shape index (κ2) is 6.54. The first-order chi connectivity index (χ1) is 11.1. The Hall–Kier alpha value is -2.79. The highest BCUT2D eigenvalue weighted by atomic mass is 35.5. The lowest BCUT2D eigenvalue weighted by Gasteiger charge is -2.15. The van der Waals surface area contributed by atoms with Gasteiger partial charge in [-0.3, -0.25) is 4.79 Å². The van der Waals surface area contributed by atoms with Crippen LogP contribution in [0.4, 0.5) is 5.82 Å². The predicted molar refractivity (Wildman–Crippen MR) is 90.6 cm³/mol. The fraction of sp³-hybridized carbons (Fsp3) is 0.0588. The average molecular weight is 327 g/mol. The number of nitrogens with zero attached hydrogens (tertiary/aromatic N) is 2. The molecule has 0 radical (unpaired) electrons. The van der Waals surface area contributed by atoms with Crippen molar-refractivity contribution in [1.29, 1.82) is 0 Å². The number of hydrogen-bond donors (Lipinski definition) is 2. The number of primary amides is 1. The Labute approximate surface area is 138 Å². The van der Waals surface area contributed by atoms with Crippen LogP contribution in [-0.2, 0) is 4.79 Å². The molecule has 1 amide bonds. The van der Waals surface area contributed by atoms with Gasteiger partial charge < -0.3 is 11.1 Å². The molecule has 0 bridgehead atoms. The van der Waals surface area contributed by atoms with Crippen LogP contribution in [-0.4, -0.2) is 15.7 Å². The third-order valence-corrected chi connectivity index (χ3v) is 3.72. The van der Waals surface area contributed by atoms with Gasteiger partial charge in [0.25, 0.3) is 0 Å². The van der Waals surface area contributed by atoms with Crippen molar-refractivity contribution >= 4 is 23.3 Å². The maximum atomic E-state index is 11.7. The molecule has 23 heavy (non-hydrogen) atoms. The Kier molecular flexibility index (Phi) is 4.30. The molecule has 3 rings (SSSR count). The van der Waals surface area contributed by atoms with Crippen molar-refractivity contribution in [3.8, 4) is 5.69 Å². The summed E-state index contributed by atoms with van der Waals surface area (Å²) in [5, 5.41) is 8.05. The van der Waals surface area contributed by atoms with E-state index in [9.17, 15) is 4.79 Å². The Bertz CT molecular complexity index is 816. The number of amides is 1. The zero-order chi connectivity index (χ0) is 16.2. The molecule has 0 aliphatic carbocycles. The summed E-state index contributed by atoms with van der Waals surface area (Å²) < 4.78 is 1.65. The fourth-order valence-corrected chi connectivity index (χ4v) is 2.51. The van der Waals surface area contributed by atoms with Gasteiger partial charge >= 0.3 is 0 Å². The molecule has 0 aliphatic heterocycles. The third kappa shape index (κ3) is 3.35. The van der Waals surface area contributed by atoms with Crippen molar-refractivity contribution in [2.24, 2.45) is 5.73 Å². The molecule has 0 saturated carbocycles. The molecular formula is C17H15ClN4O. The van der Waals surface area contributed by atoms with Crippen LogP contribution in [0.25, 0.3) is 5.69 Å². The lowest BCUT2D eigenvalue weighted by Crippen LogP contribution is -2.27. The van der Waals surface area contributed by atoms with Gasteiger partial charge in [0.1, 0.15) is 11.9 Å². The average Bonchev–Trinajstić information content (AvgIpc) is 3.02. The number of carbonyl (C=O) groups is 1. The second-order valence-corrected chi connectivity index (χ2v) is 5.39. The van der Waals surface area contributed by atoms with E-state index in [4.69, 9.17) is 17.3 Å². The number of nitrogens with two attached hydrogens (primary N) is 1. The van der Waals surface area contributed by atoms with E-state index < -0.39 is 11.9 Å². The van der Waals surface area contributed by atoms with Crippen LogP contribution in [0, 0.1) is 0 Å². The van der Waals surface area contributed by atoms with E-state index >= 15 is 0 Å². The van der Waals surface area contributed by atoms with Crippen LogP contribution in [0.2, 0.25) is 5.02 Å². The number of halogens is 1. The molecule has 1 aromatic heterocycles. The first-order valence-electron chi connectivity index (χ1n) is 7.06. The quantitative estimate of drug-likeness (QED) is 0.756. The Morgan fingerprint density at radius 3 is 2.48 bits per heavy atom. The van der Waals surface area contributed by atoms with Crippen LogP contribution < -0.4 is 11.1 Å². The number of hydrogen-bond acceptors (Lipinski definition) is 3. The predicted octanol–water partition coefficient (Wildman–Crippen LogP) is 3.16. The molecule has 0 fully saturated rings. The van der Waals surface area contributed by atoms with Gasteiger partial charge in [-0.2, -0.15) is 5.10 Å². The van der Waals surface area contributed by atoms with Gasteiger partial charge in [-0.1, -0.05) is 54.1 Å². The summed E-state index contributed by atoms with van der Waals surface area (Å²) >= 11 is 6.16. The minimum Gasteiger partial charge on any atom is -0.368 e. The van der Waals surface area contributed by atoms with Crippen LogP contribution in [0.1, 0.15) is 11.6 Å². The molecule has 0 unspecified atom stereocenters. The molecule has 6 heteroatoms. The number of aromatic nitrogens is 2. The maximum absolute atomic E-state index is 11.7. The SMILES string of the molecule is NC(=O)[C@H](Nc1ccn(-c2ccccc2Cl)n1)c1ccccc1. The number of rotatable bonds is 5. The zero-order valence-corrected chi connectivity index (χ0v) is 12.9. The highest BCUT2D eigenvalue weighted by molar-refractivity contribution is 6.32. The molecular weight excluding hydrogens is 312 g/mol. The first kappa shape index (κ1) is 15.1. The first-order valence-corrected chi connectivity index (χ1v) is 7.44. The Morgan fingerprint density at radius 1 is 1.09 bits per heavy atom. The molecule has 1 atom stereocenters. The van der Waals surface area contributed by atoms with Gasteiger partial charge in [-0.15, -0.1) is 0 Å². The van der Waals surface area contributed by atoms with Gasteiger partial charge in [-0.05, 0) is 17.7 Å². The van der Waals surface area contributed by atoms with Gasteiger partial charge in [0, 0.05) is 12.3 Å². The van der Waals surface area contributed by atoms with E-state index in [2.05, 4.69) is 10.4 Å². The fourth-order valence-electron chi connectivity index (χ4n) is 2.28. The van der Waals surface area contributed by atoms with Gasteiger partial charge in [0.15, 0.2) is 0 Å². The van der Waals surface area contributed by atoms with Crippen molar-refractivity contribution in [1.82, 2.24) is 9.78 Å². The van der Waals surface area contributed by atoms with E-state index in [1.807, 2.05) is 48.5 Å². The smallest absolute Gasteiger partial charge is 0.244 e. The summed E-state index contributed by atoms with van der Waals surface area (Å²) in [5.41, 5.74) is 7.05. The highest BCUT2D eigenvalue weighted by Crippen LogP contribution is 2.22. The largest absolute Gasteiger partial charge is 0.368 e. The number of nitrogens with one attached hydrogen (secondary N) is 1. The van der Waals surface area contributed by atoms with Gasteiger partial charge in [0.2, 0.25) is 5.91 Å². The molecule has 0 saturated heterocycles. The topological polar surface area (TPSA) is 72.9 Å². The van der Waals surface area contributed by atoms with E-state index in [1.54, 1.807) is 23.0 Å². The summed E-state index contributed by atoms with van der Waals surface area (Å²) in [5.74, 6) is 0.0704. The minimum absolute atomic E-state index is 0.469. The maximum Gasteiger partial charge on any atom is 0.244 e. The second-order valence-electron chi connectivity index (χ2n) is 4.99. The van der Waals surface area contributed by atoms with Crippen LogP contribution in [0.15, 0.2) is 66.9 Å². The zero-order valence-electron chi connectivity index (χ0n) is 12.2. The van der Waals surface area contributed by atoms with Gasteiger partial charge in [-0.25, -0.2) is 4.68 Å². The van der Waals surface area contributed by atoms with E-state index in [0.29, 0.717) is 10.8 Å². The Morgan fingerprint density at radius 2 is 1.78 bits per heavy atom. The van der Waals surface area contributed by atoms with Crippen molar-refractivity contribution in [2.75, 3.05) is 5.32 Å². The van der Waals surface area contributed by atoms with Gasteiger partial charge in [0.05, 0.1) is 10.7 Å². The lowest BCUT2D eigenvalue weighted by atomic mass is 10.1. The third-order valence-electron chi connectivity index (χ3n) is 3.40. The standard InChI is InChI=1S/C17H15ClN4O/c18-13-8-4-5-9-14(13)22-11-10-15(21-22)20-16(17(19)23)12-6-2-1-3-7-12/h1-11,16H,(H2,19,23)(H,20,21)/t16-/m1/s1. The molecule has 2 aromatic carbocycles. The summed E-state index contributed by atoms with van der Waals surface area (Å²) in [7, 11) is 0. The van der Waals surface area contributed by atoms with Crippen LogP contribution in [0.5, 0.6) is 0 Å². The van der Waals surface area contributed by atoms with E-state index in [1.165, 1.54) is 0 Å². The Balaban J connectivity index is 1.86. The molecule has 0 spiro atoms. The number of benzene rings is 2. The van der Waals surface area contributed by atoms with Crippen molar-refractivity contribution < 1.29 is 4.79 Å². The van der Waals surface area contributed by atoms with Crippen molar-refractivity contribution in [3.05, 3.63) is 77.4 Å². The molecule has 3 aromatic rings. The number of carbonyl (C=O) groups excluding carboxylic acids is 1. The molecule has 1 heterocycles. The summed E-state index contributed by atoms with van der Waals surface area (Å²) in [6.45, 7) is 0. The minimum atomic E-state index is -0.647. The van der Waals surface area contributed by atoms with Crippen LogP contribution in [0.3, 0.4) is 0 Å². The molecule has 3 N–H and O–H groups in total. The molecule has 0 aliphatic rings. The van der Waals surface area contributed by atoms with Crippen molar-refractivity contribution in [2.45, 2.75) is 6.04 Å². The van der Waals surface area contributed by atoms with Crippen LogP contribution >= 0.6 is 11.6 Å². The number of para-hydroxylation sites is 1. The highest BCUT2D eigenvalue weighted by Gasteiger charge is 2.18. The molecule has 116 valence electrons. The summed E-state index contributed by atoms with van der Waals surface area (Å²) in [6.07, 6.45) is 1.77. The van der Waals surface area contributed by atoms with E-state index in [-0.39, 0.29) is 0 Å². The molecule has 5 nitrogen and oxygen atoms in total. The number of anilines is 1. The monoisotopic (exact) mass is 326 g/mol.